The minimum absolute atomic E-state index is 0.00198. The molecule has 0 radical (unpaired) electrons. The normalized spacial score (nSPS) is 16.5. The molecule has 2 aromatic rings. The molecule has 148 valence electrons. The smallest absolute Gasteiger partial charge is 0.263 e. The third-order valence-corrected chi connectivity index (χ3v) is 5.66. The van der Waals surface area contributed by atoms with Gasteiger partial charge in [0.05, 0.1) is 10.8 Å². The fourth-order valence-corrected chi connectivity index (χ4v) is 4.04. The first-order valence-electron chi connectivity index (χ1n) is 9.56. The number of hydrogen-bond acceptors (Lipinski definition) is 4. The first-order chi connectivity index (χ1) is 13.6. The van der Waals surface area contributed by atoms with Gasteiger partial charge in [0.1, 0.15) is 0 Å². The Morgan fingerprint density at radius 1 is 1.18 bits per heavy atom. The van der Waals surface area contributed by atoms with E-state index in [9.17, 15) is 14.4 Å². The van der Waals surface area contributed by atoms with Gasteiger partial charge in [-0.15, -0.1) is 11.3 Å². The van der Waals surface area contributed by atoms with Crippen molar-refractivity contribution in [1.29, 1.82) is 0 Å². The minimum Gasteiger partial charge on any atom is -0.352 e. The van der Waals surface area contributed by atoms with Crippen LogP contribution < -0.4 is 10.6 Å². The molecule has 1 fully saturated rings. The van der Waals surface area contributed by atoms with Gasteiger partial charge >= 0.3 is 0 Å². The predicted molar refractivity (Wildman–Crippen MR) is 109 cm³/mol. The maximum atomic E-state index is 12.6. The summed E-state index contributed by atoms with van der Waals surface area (Å²) in [7, 11) is 0. The van der Waals surface area contributed by atoms with Crippen LogP contribution in [-0.2, 0) is 11.3 Å². The van der Waals surface area contributed by atoms with Gasteiger partial charge < -0.3 is 15.5 Å². The topological polar surface area (TPSA) is 78.5 Å². The molecule has 2 N–H and O–H groups in total. The van der Waals surface area contributed by atoms with Gasteiger partial charge in [-0.1, -0.05) is 18.2 Å². The Bertz CT molecular complexity index is 835. The molecule has 3 rings (SSSR count). The summed E-state index contributed by atoms with van der Waals surface area (Å²) in [6.07, 6.45) is 1.60. The van der Waals surface area contributed by atoms with E-state index in [2.05, 4.69) is 10.6 Å². The van der Waals surface area contributed by atoms with E-state index in [1.807, 2.05) is 36.6 Å². The summed E-state index contributed by atoms with van der Waals surface area (Å²) in [5.41, 5.74) is 1.46. The molecule has 7 heteroatoms. The van der Waals surface area contributed by atoms with Gasteiger partial charge in [-0.3, -0.25) is 14.4 Å². The van der Waals surface area contributed by atoms with Crippen LogP contribution in [0.25, 0.3) is 0 Å². The lowest BCUT2D eigenvalue weighted by atomic mass is 9.96. The Balaban J connectivity index is 1.55. The first kappa shape index (κ1) is 20.1. The van der Waals surface area contributed by atoms with Crippen molar-refractivity contribution in [2.24, 2.45) is 5.92 Å². The Labute approximate surface area is 168 Å². The molecular formula is C21H25N3O3S. The van der Waals surface area contributed by atoms with E-state index in [4.69, 9.17) is 0 Å². The number of hydrogen-bond donors (Lipinski definition) is 2. The number of thiophene rings is 1. The van der Waals surface area contributed by atoms with Crippen LogP contribution in [0.4, 0.5) is 0 Å². The first-order valence-corrected chi connectivity index (χ1v) is 10.4. The molecule has 2 heterocycles. The Kier molecular flexibility index (Phi) is 6.81. The van der Waals surface area contributed by atoms with E-state index in [0.717, 1.165) is 18.4 Å². The summed E-state index contributed by atoms with van der Waals surface area (Å²) in [5, 5.41) is 7.61. The number of benzene rings is 1. The highest BCUT2D eigenvalue weighted by molar-refractivity contribution is 7.12. The zero-order chi connectivity index (χ0) is 19.9. The van der Waals surface area contributed by atoms with Crippen LogP contribution in [0.3, 0.4) is 0 Å². The number of carbonyl (C=O) groups excluding carboxylic acids is 3. The molecule has 1 aromatic carbocycles. The molecule has 1 saturated heterocycles. The van der Waals surface area contributed by atoms with Gasteiger partial charge in [0.2, 0.25) is 5.91 Å². The quantitative estimate of drug-likeness (QED) is 0.784. The average molecular weight is 400 g/mol. The second-order valence-electron chi connectivity index (χ2n) is 6.85. The maximum absolute atomic E-state index is 12.6. The van der Waals surface area contributed by atoms with Gasteiger partial charge in [-0.25, -0.2) is 0 Å². The number of piperidine rings is 1. The van der Waals surface area contributed by atoms with Crippen LogP contribution in [0.15, 0.2) is 41.8 Å². The summed E-state index contributed by atoms with van der Waals surface area (Å²) in [6.45, 7) is 3.94. The molecule has 28 heavy (non-hydrogen) atoms. The van der Waals surface area contributed by atoms with Crippen LogP contribution in [0.5, 0.6) is 0 Å². The molecule has 1 unspecified atom stereocenters. The second-order valence-corrected chi connectivity index (χ2v) is 7.79. The Morgan fingerprint density at radius 2 is 2.04 bits per heavy atom. The SMILES string of the molecule is CCNC(=O)c1cccc(CNC(=O)C2CCCN(C(=O)c3cccs3)C2)c1. The fraction of sp³-hybridized carbons (Fsp3) is 0.381. The minimum atomic E-state index is -0.204. The molecule has 6 nitrogen and oxygen atoms in total. The molecule has 3 amide bonds. The van der Waals surface area contributed by atoms with Crippen molar-refractivity contribution < 1.29 is 14.4 Å². The molecule has 0 spiro atoms. The monoisotopic (exact) mass is 399 g/mol. The Morgan fingerprint density at radius 3 is 2.79 bits per heavy atom. The van der Waals surface area contributed by atoms with Crippen molar-refractivity contribution >= 4 is 29.1 Å². The average Bonchev–Trinajstić information content (AvgIpc) is 3.27. The molecule has 0 aliphatic carbocycles. The van der Waals surface area contributed by atoms with Crippen molar-refractivity contribution in [1.82, 2.24) is 15.5 Å². The lowest BCUT2D eigenvalue weighted by molar-refractivity contribution is -0.126. The highest BCUT2D eigenvalue weighted by atomic mass is 32.1. The van der Waals surface area contributed by atoms with E-state index in [1.165, 1.54) is 11.3 Å². The predicted octanol–water partition coefficient (Wildman–Crippen LogP) is 2.67. The van der Waals surface area contributed by atoms with Gasteiger partial charge in [0.25, 0.3) is 11.8 Å². The second kappa shape index (κ2) is 9.50. The highest BCUT2D eigenvalue weighted by Crippen LogP contribution is 2.21. The largest absolute Gasteiger partial charge is 0.352 e. The van der Waals surface area contributed by atoms with E-state index in [1.54, 1.807) is 17.0 Å². The zero-order valence-electron chi connectivity index (χ0n) is 15.9. The van der Waals surface area contributed by atoms with E-state index in [0.29, 0.717) is 36.6 Å². The van der Waals surface area contributed by atoms with Crippen molar-refractivity contribution in [2.75, 3.05) is 19.6 Å². The molecule has 0 saturated carbocycles. The summed E-state index contributed by atoms with van der Waals surface area (Å²) in [5.74, 6) is -0.371. The van der Waals surface area contributed by atoms with E-state index >= 15 is 0 Å². The highest BCUT2D eigenvalue weighted by Gasteiger charge is 2.29. The summed E-state index contributed by atoms with van der Waals surface area (Å²) >= 11 is 1.42. The number of carbonyl (C=O) groups is 3. The van der Waals surface area contributed by atoms with Crippen LogP contribution >= 0.6 is 11.3 Å². The van der Waals surface area contributed by atoms with Crippen LogP contribution in [-0.4, -0.2) is 42.3 Å². The number of nitrogens with zero attached hydrogens (tertiary/aromatic N) is 1. The molecule has 0 bridgehead atoms. The molecule has 1 atom stereocenters. The van der Waals surface area contributed by atoms with E-state index < -0.39 is 0 Å². The van der Waals surface area contributed by atoms with E-state index in [-0.39, 0.29) is 23.6 Å². The lowest BCUT2D eigenvalue weighted by Gasteiger charge is -2.31. The third kappa shape index (κ3) is 4.98. The molecule has 1 aliphatic heterocycles. The standard InChI is InChI=1S/C21H25N3O3S/c1-2-22-19(25)16-7-3-6-15(12-16)13-23-20(26)17-8-4-10-24(14-17)21(27)18-9-5-11-28-18/h3,5-7,9,11-12,17H,2,4,8,10,13-14H2,1H3,(H,22,25)(H,23,26). The maximum Gasteiger partial charge on any atom is 0.263 e. The number of likely N-dealkylation sites (tertiary alicyclic amines) is 1. The number of rotatable bonds is 6. The summed E-state index contributed by atoms with van der Waals surface area (Å²) in [6, 6.07) is 10.9. The Hall–Kier alpha value is -2.67. The molecule has 1 aliphatic rings. The van der Waals surface area contributed by atoms with Crippen LogP contribution in [0.2, 0.25) is 0 Å². The summed E-state index contributed by atoms with van der Waals surface area (Å²) in [4.78, 5) is 39.6. The van der Waals surface area contributed by atoms with Crippen LogP contribution in [0.1, 0.15) is 45.4 Å². The number of nitrogens with one attached hydrogen (secondary N) is 2. The van der Waals surface area contributed by atoms with Gasteiger partial charge in [0, 0.05) is 31.7 Å². The van der Waals surface area contributed by atoms with Gasteiger partial charge in [0.15, 0.2) is 0 Å². The molecular weight excluding hydrogens is 374 g/mol. The lowest BCUT2D eigenvalue weighted by Crippen LogP contribution is -2.45. The molecule has 1 aromatic heterocycles. The van der Waals surface area contributed by atoms with Gasteiger partial charge in [-0.2, -0.15) is 0 Å². The zero-order valence-corrected chi connectivity index (χ0v) is 16.8. The fourth-order valence-electron chi connectivity index (χ4n) is 3.35. The third-order valence-electron chi connectivity index (χ3n) is 4.80. The van der Waals surface area contributed by atoms with Crippen molar-refractivity contribution in [2.45, 2.75) is 26.3 Å². The summed E-state index contributed by atoms with van der Waals surface area (Å²) < 4.78 is 0. The number of amides is 3. The van der Waals surface area contributed by atoms with Crippen LogP contribution in [0, 0.1) is 5.92 Å². The van der Waals surface area contributed by atoms with Crippen molar-refractivity contribution in [3.8, 4) is 0 Å². The van der Waals surface area contributed by atoms with Gasteiger partial charge in [-0.05, 0) is 48.9 Å². The van der Waals surface area contributed by atoms with Crippen molar-refractivity contribution in [3.63, 3.8) is 0 Å². The van der Waals surface area contributed by atoms with Crippen molar-refractivity contribution in [3.05, 3.63) is 57.8 Å².